The molecule has 2 aromatic heterocycles. The second-order valence-electron chi connectivity index (χ2n) is 10.5. The molecule has 0 radical (unpaired) electrons. The van der Waals surface area contributed by atoms with E-state index in [1.165, 1.54) is 0 Å². The van der Waals surface area contributed by atoms with Gasteiger partial charge in [-0.25, -0.2) is 0 Å². The Morgan fingerprint density at radius 1 is 0.341 bits per heavy atom. The monoisotopic (exact) mass is 572 g/mol. The molecule has 0 saturated carbocycles. The molecule has 0 amide bonds. The molecule has 7 aromatic carbocycles. The maximum absolute atomic E-state index is 8.71. The number of para-hydroxylation sites is 3. The molecule has 0 aliphatic rings. The van der Waals surface area contributed by atoms with Crippen LogP contribution in [0.5, 0.6) is 0 Å². The molecule has 0 bridgehead atoms. The summed E-state index contributed by atoms with van der Waals surface area (Å²) < 4.78 is 104. The third-order valence-corrected chi connectivity index (χ3v) is 8.18. The van der Waals surface area contributed by atoms with Gasteiger partial charge in [-0.2, -0.15) is 0 Å². The Labute approximate surface area is 272 Å². The number of hydrogen-bond acceptors (Lipinski definition) is 0. The molecule has 0 N–H and O–H groups in total. The minimum Gasteiger partial charge on any atom is -0.309 e. The zero-order valence-electron chi connectivity index (χ0n) is 35.1. The lowest BCUT2D eigenvalue weighted by Gasteiger charge is -2.10. The summed E-state index contributed by atoms with van der Waals surface area (Å²) in [5, 5.41) is 3.18. The fourth-order valence-corrected chi connectivity index (χ4v) is 6.22. The van der Waals surface area contributed by atoms with Crippen LogP contribution >= 0.6 is 0 Å². The van der Waals surface area contributed by atoms with E-state index in [2.05, 4.69) is 10.6 Å². The van der Waals surface area contributed by atoms with Gasteiger partial charge in [0.1, 0.15) is 0 Å². The van der Waals surface area contributed by atoms with Crippen LogP contribution in [0.15, 0.2) is 170 Å². The van der Waals surface area contributed by atoms with Crippen molar-refractivity contribution in [3.8, 4) is 33.6 Å². The Hall–Kier alpha value is -5.86. The fraction of sp³-hybridized carbons (Fsp3) is 0. The van der Waals surface area contributed by atoms with E-state index in [9.17, 15) is 0 Å². The Morgan fingerprint density at radius 3 is 1.39 bits per heavy atom. The minimum absolute atomic E-state index is 0.0308. The van der Waals surface area contributed by atoms with E-state index in [-0.39, 0.29) is 41.5 Å². The normalized spacial score (nSPS) is 15.5. The third kappa shape index (κ3) is 3.82. The summed E-state index contributed by atoms with van der Waals surface area (Å²) in [6.07, 6.45) is 0. The maximum atomic E-state index is 8.71. The Balaban J connectivity index is 1.21. The second kappa shape index (κ2) is 9.86. The van der Waals surface area contributed by atoms with Crippen molar-refractivity contribution in [3.05, 3.63) is 170 Å². The van der Waals surface area contributed by atoms with Gasteiger partial charge in [-0.05, 0) is 82.9 Å². The van der Waals surface area contributed by atoms with Crippen molar-refractivity contribution in [2.75, 3.05) is 0 Å². The molecular formula is C42H28N2. The molecule has 0 saturated heterocycles. The van der Waals surface area contributed by atoms with Crippen LogP contribution in [0.3, 0.4) is 0 Å². The largest absolute Gasteiger partial charge is 0.309 e. The number of hydrogen-bond donors (Lipinski definition) is 0. The number of aromatic nitrogens is 2. The lowest BCUT2D eigenvalue weighted by Crippen LogP contribution is -1.93. The molecule has 0 aliphatic carbocycles. The Bertz CT molecular complexity index is 3110. The zero-order valence-corrected chi connectivity index (χ0v) is 23.1. The van der Waals surface area contributed by atoms with Crippen molar-refractivity contribution in [2.45, 2.75) is 0 Å². The predicted octanol–water partition coefficient (Wildman–Crippen LogP) is 11.2. The van der Waals surface area contributed by atoms with E-state index >= 15 is 0 Å². The first kappa shape index (κ1) is 15.6. The molecule has 2 heteroatoms. The number of benzene rings is 7. The SMILES string of the molecule is [2H]c1ccc2c(c1)c1cc(-c3ccc4c(c3)c3cc([2H])ccc3n4-c3c([2H])c([2H])c([2H])c([2H])c3[2H])ccc1n2-c1ccc(-c2c([2H])c([2H])c([2H])c([2H])c2[2H])cc1. The van der Waals surface area contributed by atoms with Crippen molar-refractivity contribution < 1.29 is 16.4 Å². The van der Waals surface area contributed by atoms with Crippen molar-refractivity contribution in [3.63, 3.8) is 0 Å². The van der Waals surface area contributed by atoms with Crippen LogP contribution in [0.1, 0.15) is 16.4 Å². The average molecular weight is 573 g/mol. The number of rotatable bonds is 4. The van der Waals surface area contributed by atoms with Gasteiger partial charge in [0.2, 0.25) is 0 Å². The van der Waals surface area contributed by atoms with Crippen molar-refractivity contribution in [1.82, 2.24) is 9.13 Å². The summed E-state index contributed by atoms with van der Waals surface area (Å²) in [5.74, 6) is 0. The molecule has 2 nitrogen and oxygen atoms in total. The van der Waals surface area contributed by atoms with E-state index in [1.54, 1.807) is 41.0 Å². The highest BCUT2D eigenvalue weighted by atomic mass is 15.0. The lowest BCUT2D eigenvalue weighted by molar-refractivity contribution is 1.18. The van der Waals surface area contributed by atoms with Crippen LogP contribution in [0.2, 0.25) is 0 Å². The van der Waals surface area contributed by atoms with Gasteiger partial charge in [0.25, 0.3) is 0 Å². The van der Waals surface area contributed by atoms with E-state index in [4.69, 9.17) is 16.4 Å². The van der Waals surface area contributed by atoms with Gasteiger partial charge < -0.3 is 9.13 Å². The topological polar surface area (TPSA) is 9.86 Å². The lowest BCUT2D eigenvalue weighted by atomic mass is 10.0. The van der Waals surface area contributed by atoms with Crippen LogP contribution in [0, 0.1) is 0 Å². The summed E-state index contributed by atoms with van der Waals surface area (Å²) in [6, 6.07) is 26.3. The fourth-order valence-electron chi connectivity index (χ4n) is 6.22. The Kier molecular flexibility index (Phi) is 3.49. The van der Waals surface area contributed by atoms with Crippen molar-refractivity contribution >= 4 is 43.6 Å². The van der Waals surface area contributed by atoms with Crippen LogP contribution < -0.4 is 0 Å². The smallest absolute Gasteiger partial charge is 0.0645 e. The molecule has 0 unspecified atom stereocenters. The third-order valence-electron chi connectivity index (χ3n) is 8.18. The van der Waals surface area contributed by atoms with E-state index in [0.29, 0.717) is 28.0 Å². The highest BCUT2D eigenvalue weighted by molar-refractivity contribution is 6.12. The van der Waals surface area contributed by atoms with Crippen LogP contribution in [-0.2, 0) is 0 Å². The molecule has 44 heavy (non-hydrogen) atoms. The molecule has 206 valence electrons. The highest BCUT2D eigenvalue weighted by Crippen LogP contribution is 2.38. The average Bonchev–Trinajstić information content (AvgIpc) is 3.69. The molecular weight excluding hydrogens is 532 g/mol. The number of fused-ring (bicyclic) bond motifs is 6. The second-order valence-corrected chi connectivity index (χ2v) is 10.5. The Morgan fingerprint density at radius 2 is 0.818 bits per heavy atom. The summed E-state index contributed by atoms with van der Waals surface area (Å²) in [7, 11) is 0. The zero-order chi connectivity index (χ0) is 39.5. The standard InChI is InChI=1S/C42H28N2/c1-3-11-29(12-4-1)30-19-23-34(24-20-30)44-40-18-10-8-16-36(40)38-28-32(22-26-42(38)44)31-21-25-41-37(27-31)35-15-7-9-17-39(35)43(41)33-13-5-2-6-14-33/h1-28H/i1D,2D,3D,4D,5D,6D,7D,8D,11D,12D,13D,14D. The molecule has 0 aliphatic heterocycles. The van der Waals surface area contributed by atoms with Gasteiger partial charge >= 0.3 is 0 Å². The first-order chi connectivity index (χ1) is 26.8. The minimum atomic E-state index is -0.472. The first-order valence-electron chi connectivity index (χ1n) is 20.1. The van der Waals surface area contributed by atoms with Gasteiger partial charge in [-0.3, -0.25) is 0 Å². The van der Waals surface area contributed by atoms with Gasteiger partial charge in [-0.15, -0.1) is 0 Å². The maximum Gasteiger partial charge on any atom is 0.0645 e. The molecule has 9 rings (SSSR count). The summed E-state index contributed by atoms with van der Waals surface area (Å²) in [6.45, 7) is 0. The summed E-state index contributed by atoms with van der Waals surface area (Å²) in [4.78, 5) is 0. The molecule has 9 aromatic rings. The van der Waals surface area contributed by atoms with Crippen LogP contribution in [-0.4, -0.2) is 9.13 Å². The molecule has 2 heterocycles. The summed E-state index contributed by atoms with van der Waals surface area (Å²) in [5.41, 5.74) is 6.08. The van der Waals surface area contributed by atoms with Crippen molar-refractivity contribution in [1.29, 1.82) is 0 Å². The van der Waals surface area contributed by atoms with Gasteiger partial charge in [0.15, 0.2) is 0 Å². The molecule has 0 atom stereocenters. The van der Waals surface area contributed by atoms with E-state index in [1.807, 2.05) is 54.6 Å². The van der Waals surface area contributed by atoms with Gasteiger partial charge in [-0.1, -0.05) is 109 Å². The van der Waals surface area contributed by atoms with E-state index in [0.717, 1.165) is 44.0 Å². The predicted molar refractivity (Wildman–Crippen MR) is 186 cm³/mol. The van der Waals surface area contributed by atoms with Crippen LogP contribution in [0.4, 0.5) is 0 Å². The highest BCUT2D eigenvalue weighted by Gasteiger charge is 2.16. The molecule has 0 fully saturated rings. The van der Waals surface area contributed by atoms with Gasteiger partial charge in [0.05, 0.1) is 38.5 Å². The van der Waals surface area contributed by atoms with Crippen molar-refractivity contribution in [2.24, 2.45) is 0 Å². The van der Waals surface area contributed by atoms with E-state index < -0.39 is 36.3 Å². The van der Waals surface area contributed by atoms with Crippen LogP contribution in [0.25, 0.3) is 77.2 Å². The summed E-state index contributed by atoms with van der Waals surface area (Å²) >= 11 is 0. The van der Waals surface area contributed by atoms with Gasteiger partial charge in [0, 0.05) is 32.9 Å². The quantitative estimate of drug-likeness (QED) is 0.198. The number of nitrogens with zero attached hydrogens (tertiary/aromatic N) is 2. The molecule has 0 spiro atoms. The first-order valence-corrected chi connectivity index (χ1v) is 14.1.